The molecular formula is C15H30N2O3. The number of hydrogen-bond acceptors (Lipinski definition) is 4. The molecule has 0 aliphatic carbocycles. The Morgan fingerprint density at radius 2 is 1.75 bits per heavy atom. The van der Waals surface area contributed by atoms with Crippen molar-refractivity contribution in [1.29, 1.82) is 0 Å². The van der Waals surface area contributed by atoms with Crippen molar-refractivity contribution in [2.24, 2.45) is 0 Å². The summed E-state index contributed by atoms with van der Waals surface area (Å²) >= 11 is 0. The van der Waals surface area contributed by atoms with Crippen molar-refractivity contribution in [1.82, 2.24) is 10.2 Å². The van der Waals surface area contributed by atoms with Crippen LogP contribution in [0.4, 0.5) is 0 Å². The van der Waals surface area contributed by atoms with Crippen LogP contribution in [0, 0.1) is 0 Å². The molecule has 0 saturated heterocycles. The zero-order valence-corrected chi connectivity index (χ0v) is 13.6. The van der Waals surface area contributed by atoms with Crippen molar-refractivity contribution >= 4 is 11.9 Å². The maximum atomic E-state index is 12.2. The van der Waals surface area contributed by atoms with E-state index in [1.54, 1.807) is 6.92 Å². The quantitative estimate of drug-likeness (QED) is 0.624. The van der Waals surface area contributed by atoms with E-state index in [0.29, 0.717) is 13.2 Å². The molecule has 5 nitrogen and oxygen atoms in total. The molecule has 0 aromatic carbocycles. The van der Waals surface area contributed by atoms with Gasteiger partial charge in [-0.05, 0) is 39.7 Å². The van der Waals surface area contributed by atoms with Gasteiger partial charge in [0.25, 0.3) is 0 Å². The van der Waals surface area contributed by atoms with Crippen LogP contribution in [0.15, 0.2) is 0 Å². The number of amides is 1. The molecule has 0 aliphatic heterocycles. The van der Waals surface area contributed by atoms with Gasteiger partial charge in [0.05, 0.1) is 19.2 Å². The number of carbonyl (C=O) groups is 2. The summed E-state index contributed by atoms with van der Waals surface area (Å²) in [4.78, 5) is 25.7. The highest BCUT2D eigenvalue weighted by atomic mass is 16.5. The number of ether oxygens (including phenoxy) is 1. The highest BCUT2D eigenvalue weighted by Crippen LogP contribution is 2.04. The molecule has 0 radical (unpaired) electrons. The van der Waals surface area contributed by atoms with Gasteiger partial charge >= 0.3 is 5.97 Å². The van der Waals surface area contributed by atoms with E-state index in [0.717, 1.165) is 19.3 Å². The fourth-order valence-electron chi connectivity index (χ4n) is 2.05. The number of carbonyl (C=O) groups excluding carboxylic acids is 2. The summed E-state index contributed by atoms with van der Waals surface area (Å²) < 4.78 is 4.96. The van der Waals surface area contributed by atoms with Crippen LogP contribution in [-0.2, 0) is 14.3 Å². The third-order valence-corrected chi connectivity index (χ3v) is 3.41. The Morgan fingerprint density at radius 1 is 1.15 bits per heavy atom. The second-order valence-electron chi connectivity index (χ2n) is 4.97. The van der Waals surface area contributed by atoms with E-state index < -0.39 is 0 Å². The fourth-order valence-corrected chi connectivity index (χ4v) is 2.05. The number of nitrogens with zero attached hydrogens (tertiary/aromatic N) is 1. The van der Waals surface area contributed by atoms with Crippen LogP contribution in [-0.4, -0.2) is 48.6 Å². The summed E-state index contributed by atoms with van der Waals surface area (Å²) in [5.74, 6) is -0.292. The summed E-state index contributed by atoms with van der Waals surface area (Å²) in [6.45, 7) is 11.0. The van der Waals surface area contributed by atoms with Crippen LogP contribution in [0.5, 0.6) is 0 Å². The third-order valence-electron chi connectivity index (χ3n) is 3.41. The molecule has 0 aromatic heterocycles. The van der Waals surface area contributed by atoms with Crippen LogP contribution in [0.2, 0.25) is 0 Å². The summed E-state index contributed by atoms with van der Waals surface area (Å²) in [5.41, 5.74) is 0. The average molecular weight is 286 g/mol. The van der Waals surface area contributed by atoms with E-state index in [1.165, 1.54) is 0 Å². The van der Waals surface area contributed by atoms with E-state index in [-0.39, 0.29) is 30.5 Å². The van der Waals surface area contributed by atoms with E-state index in [9.17, 15) is 9.59 Å². The number of hydrogen-bond donors (Lipinski definition) is 1. The van der Waals surface area contributed by atoms with Crippen molar-refractivity contribution in [3.05, 3.63) is 0 Å². The summed E-state index contributed by atoms with van der Waals surface area (Å²) in [6, 6.07) is -0.115. The van der Waals surface area contributed by atoms with Crippen molar-refractivity contribution in [2.75, 3.05) is 19.7 Å². The smallest absolute Gasteiger partial charge is 0.320 e. The Kier molecular flexibility index (Phi) is 10.1. The summed E-state index contributed by atoms with van der Waals surface area (Å²) in [6.07, 6.45) is 2.73. The van der Waals surface area contributed by atoms with E-state index in [4.69, 9.17) is 4.74 Å². The lowest BCUT2D eigenvalue weighted by atomic mass is 10.1. The summed E-state index contributed by atoms with van der Waals surface area (Å²) in [5, 5.41) is 3.03. The standard InChI is InChI=1S/C15H30N2O3/c1-6-10-17(11-14(18)20-9-4)12(5)15(19)16-13(7-2)8-3/h12-13H,6-11H2,1-5H3,(H,16,19). The van der Waals surface area contributed by atoms with E-state index in [2.05, 4.69) is 19.2 Å². The van der Waals surface area contributed by atoms with Crippen molar-refractivity contribution in [3.63, 3.8) is 0 Å². The van der Waals surface area contributed by atoms with E-state index in [1.807, 2.05) is 18.7 Å². The van der Waals surface area contributed by atoms with Gasteiger partial charge in [0.15, 0.2) is 0 Å². The van der Waals surface area contributed by atoms with Gasteiger partial charge < -0.3 is 10.1 Å². The van der Waals surface area contributed by atoms with Crippen LogP contribution < -0.4 is 5.32 Å². The molecule has 1 atom stereocenters. The first-order valence-electron chi connectivity index (χ1n) is 7.69. The van der Waals surface area contributed by atoms with Crippen LogP contribution in [0.3, 0.4) is 0 Å². The van der Waals surface area contributed by atoms with Crippen LogP contribution >= 0.6 is 0 Å². The second kappa shape index (κ2) is 10.7. The third kappa shape index (κ3) is 6.89. The first-order valence-corrected chi connectivity index (χ1v) is 7.69. The van der Waals surface area contributed by atoms with Gasteiger partial charge in [0.1, 0.15) is 0 Å². The molecule has 0 spiro atoms. The Balaban J connectivity index is 4.56. The van der Waals surface area contributed by atoms with Gasteiger partial charge in [-0.1, -0.05) is 20.8 Å². The predicted molar refractivity (Wildman–Crippen MR) is 80.5 cm³/mol. The largest absolute Gasteiger partial charge is 0.465 e. The Bertz CT molecular complexity index is 291. The summed E-state index contributed by atoms with van der Waals surface area (Å²) in [7, 11) is 0. The highest BCUT2D eigenvalue weighted by Gasteiger charge is 2.24. The fraction of sp³-hybridized carbons (Fsp3) is 0.867. The molecule has 0 heterocycles. The Morgan fingerprint density at radius 3 is 2.20 bits per heavy atom. The Hall–Kier alpha value is -1.10. The maximum Gasteiger partial charge on any atom is 0.320 e. The predicted octanol–water partition coefficient (Wildman–Crippen LogP) is 1.95. The molecule has 5 heteroatoms. The Labute approximate surface area is 123 Å². The van der Waals surface area contributed by atoms with Gasteiger partial charge in [0.2, 0.25) is 5.91 Å². The SMILES string of the molecule is CCCN(CC(=O)OCC)C(C)C(=O)NC(CC)CC. The van der Waals surface area contributed by atoms with Crippen molar-refractivity contribution in [2.45, 2.75) is 66.0 Å². The zero-order chi connectivity index (χ0) is 15.5. The van der Waals surface area contributed by atoms with Crippen molar-refractivity contribution in [3.8, 4) is 0 Å². The molecule has 1 unspecified atom stereocenters. The highest BCUT2D eigenvalue weighted by molar-refractivity contribution is 5.82. The van der Waals surface area contributed by atoms with Crippen LogP contribution in [0.25, 0.3) is 0 Å². The molecule has 0 bridgehead atoms. The minimum absolute atomic E-state index is 0.0172. The van der Waals surface area contributed by atoms with Gasteiger partial charge in [0, 0.05) is 6.04 Å². The number of rotatable bonds is 10. The van der Waals surface area contributed by atoms with Gasteiger partial charge in [-0.3, -0.25) is 14.5 Å². The van der Waals surface area contributed by atoms with Crippen molar-refractivity contribution < 1.29 is 14.3 Å². The molecule has 20 heavy (non-hydrogen) atoms. The van der Waals surface area contributed by atoms with Gasteiger partial charge in [-0.15, -0.1) is 0 Å². The minimum atomic E-state index is -0.319. The molecule has 1 amide bonds. The van der Waals surface area contributed by atoms with Crippen LogP contribution in [0.1, 0.15) is 53.9 Å². The second-order valence-corrected chi connectivity index (χ2v) is 4.97. The minimum Gasteiger partial charge on any atom is -0.465 e. The lowest BCUT2D eigenvalue weighted by Crippen LogP contribution is -2.49. The molecule has 1 N–H and O–H groups in total. The molecule has 0 fully saturated rings. The number of nitrogens with one attached hydrogen (secondary N) is 1. The first kappa shape index (κ1) is 18.9. The lowest BCUT2D eigenvalue weighted by Gasteiger charge is -2.28. The van der Waals surface area contributed by atoms with Gasteiger partial charge in [-0.2, -0.15) is 0 Å². The first-order chi connectivity index (χ1) is 9.49. The molecule has 0 aromatic rings. The average Bonchev–Trinajstić information content (AvgIpc) is 2.43. The molecule has 0 saturated carbocycles. The topological polar surface area (TPSA) is 58.6 Å². The maximum absolute atomic E-state index is 12.2. The molecular weight excluding hydrogens is 256 g/mol. The lowest BCUT2D eigenvalue weighted by molar-refractivity contribution is -0.145. The number of esters is 1. The molecule has 0 aliphatic rings. The van der Waals surface area contributed by atoms with E-state index >= 15 is 0 Å². The molecule has 118 valence electrons. The van der Waals surface area contributed by atoms with Gasteiger partial charge in [-0.25, -0.2) is 0 Å². The normalized spacial score (nSPS) is 12.6. The molecule has 0 rings (SSSR count). The zero-order valence-electron chi connectivity index (χ0n) is 13.6. The monoisotopic (exact) mass is 286 g/mol.